The molecule has 88 valence electrons. The molecule has 0 radical (unpaired) electrons. The Balaban J connectivity index is 2.87. The molecule has 5 heteroatoms. The number of nitrogens with zero attached hydrogens (tertiary/aromatic N) is 2. The number of unbranched alkanes of at least 4 members (excludes halogenated alkanes) is 1. The summed E-state index contributed by atoms with van der Waals surface area (Å²) in [5.41, 5.74) is 0. The quantitative estimate of drug-likeness (QED) is 0.602. The van der Waals surface area contributed by atoms with Crippen LogP contribution >= 0.6 is 23.2 Å². The Labute approximate surface area is 105 Å². The molecule has 0 unspecified atom stereocenters. The normalized spacial score (nSPS) is 10.2. The lowest BCUT2D eigenvalue weighted by Crippen LogP contribution is -2.33. The third-order valence-electron chi connectivity index (χ3n) is 2.13. The average Bonchev–Trinajstić information content (AvgIpc) is 2.29. The molecule has 0 fully saturated rings. The molecule has 0 saturated carbocycles. The molecule has 1 aromatic heterocycles. The highest BCUT2D eigenvalue weighted by Gasteiger charge is 2.15. The molecule has 0 bridgehead atoms. The van der Waals surface area contributed by atoms with Gasteiger partial charge in [-0.3, -0.25) is 9.69 Å². The first-order valence-corrected chi connectivity index (χ1v) is 6.09. The molecule has 0 aromatic carbocycles. The maximum Gasteiger partial charge on any atom is 0.243 e. The van der Waals surface area contributed by atoms with Crippen LogP contribution in [0.15, 0.2) is 18.2 Å². The number of halogens is 2. The maximum absolute atomic E-state index is 11.6. The first-order chi connectivity index (χ1) is 7.69. The van der Waals surface area contributed by atoms with Crippen LogP contribution in [-0.4, -0.2) is 23.3 Å². The summed E-state index contributed by atoms with van der Waals surface area (Å²) in [5.74, 6) is 0.370. The monoisotopic (exact) mass is 260 g/mol. The molecule has 0 N–H and O–H groups in total. The summed E-state index contributed by atoms with van der Waals surface area (Å²) in [6.45, 7) is 2.68. The topological polar surface area (TPSA) is 33.2 Å². The van der Waals surface area contributed by atoms with Crippen LogP contribution in [0.2, 0.25) is 5.15 Å². The number of alkyl halides is 1. The maximum atomic E-state index is 11.6. The largest absolute Gasteiger partial charge is 0.296 e. The van der Waals surface area contributed by atoms with Gasteiger partial charge in [-0.05, 0) is 18.6 Å². The van der Waals surface area contributed by atoms with Gasteiger partial charge in [-0.2, -0.15) is 0 Å². The average molecular weight is 261 g/mol. The van der Waals surface area contributed by atoms with Crippen LogP contribution < -0.4 is 4.90 Å². The van der Waals surface area contributed by atoms with Crippen molar-refractivity contribution in [2.24, 2.45) is 0 Å². The molecule has 1 aromatic rings. The Hall–Kier alpha value is -0.800. The molecule has 16 heavy (non-hydrogen) atoms. The molecule has 0 atom stereocenters. The molecule has 1 amide bonds. The Morgan fingerprint density at radius 2 is 2.25 bits per heavy atom. The summed E-state index contributed by atoms with van der Waals surface area (Å²) in [5, 5.41) is 0.376. The molecule has 1 rings (SSSR count). The van der Waals surface area contributed by atoms with Crippen LogP contribution in [0.1, 0.15) is 19.8 Å². The second-order valence-electron chi connectivity index (χ2n) is 3.35. The SMILES string of the molecule is CCCCN(C(=O)CCl)c1cccc(Cl)n1. The zero-order chi connectivity index (χ0) is 12.0. The molecule has 1 heterocycles. The van der Waals surface area contributed by atoms with E-state index in [1.54, 1.807) is 23.1 Å². The number of aromatic nitrogens is 1. The van der Waals surface area contributed by atoms with Crippen molar-refractivity contribution in [3.05, 3.63) is 23.4 Å². The van der Waals surface area contributed by atoms with Gasteiger partial charge in [0.25, 0.3) is 0 Å². The van der Waals surface area contributed by atoms with Gasteiger partial charge in [0.2, 0.25) is 5.91 Å². The number of rotatable bonds is 5. The highest BCUT2D eigenvalue weighted by molar-refractivity contribution is 6.30. The van der Waals surface area contributed by atoms with Crippen molar-refractivity contribution in [2.75, 3.05) is 17.3 Å². The van der Waals surface area contributed by atoms with E-state index in [1.807, 2.05) is 0 Å². The number of anilines is 1. The van der Waals surface area contributed by atoms with Gasteiger partial charge in [-0.1, -0.05) is 31.0 Å². The van der Waals surface area contributed by atoms with Gasteiger partial charge < -0.3 is 0 Å². The van der Waals surface area contributed by atoms with Crippen molar-refractivity contribution >= 4 is 34.9 Å². The zero-order valence-electron chi connectivity index (χ0n) is 9.12. The number of hydrogen-bond acceptors (Lipinski definition) is 2. The lowest BCUT2D eigenvalue weighted by Gasteiger charge is -2.20. The zero-order valence-corrected chi connectivity index (χ0v) is 10.6. The Morgan fingerprint density at radius 1 is 1.50 bits per heavy atom. The summed E-state index contributed by atoms with van der Waals surface area (Å²) in [6.07, 6.45) is 1.92. The van der Waals surface area contributed by atoms with E-state index in [2.05, 4.69) is 11.9 Å². The molecule has 0 aliphatic heterocycles. The number of carbonyl (C=O) groups excluding carboxylic acids is 1. The minimum absolute atomic E-state index is 0.0437. The van der Waals surface area contributed by atoms with Crippen molar-refractivity contribution in [3.63, 3.8) is 0 Å². The van der Waals surface area contributed by atoms with Gasteiger partial charge in [0.05, 0.1) is 0 Å². The van der Waals surface area contributed by atoms with E-state index in [-0.39, 0.29) is 11.8 Å². The third-order valence-corrected chi connectivity index (χ3v) is 2.57. The van der Waals surface area contributed by atoms with Crippen LogP contribution in [0.25, 0.3) is 0 Å². The lowest BCUT2D eigenvalue weighted by molar-refractivity contribution is -0.116. The number of pyridine rings is 1. The molecular formula is C11H14Cl2N2O. The highest BCUT2D eigenvalue weighted by Crippen LogP contribution is 2.15. The second kappa shape index (κ2) is 6.71. The molecule has 3 nitrogen and oxygen atoms in total. The lowest BCUT2D eigenvalue weighted by atomic mass is 10.3. The van der Waals surface area contributed by atoms with Gasteiger partial charge in [0, 0.05) is 6.54 Å². The Bertz CT molecular complexity index is 358. The Morgan fingerprint density at radius 3 is 2.81 bits per heavy atom. The molecule has 0 aliphatic carbocycles. The number of hydrogen-bond donors (Lipinski definition) is 0. The van der Waals surface area contributed by atoms with E-state index in [9.17, 15) is 4.79 Å². The minimum Gasteiger partial charge on any atom is -0.296 e. The first-order valence-electron chi connectivity index (χ1n) is 5.18. The summed E-state index contributed by atoms with van der Waals surface area (Å²) in [4.78, 5) is 17.3. The van der Waals surface area contributed by atoms with Gasteiger partial charge in [-0.15, -0.1) is 11.6 Å². The van der Waals surface area contributed by atoms with Crippen LogP contribution in [0.3, 0.4) is 0 Å². The smallest absolute Gasteiger partial charge is 0.243 e. The van der Waals surface area contributed by atoms with Gasteiger partial charge >= 0.3 is 0 Å². The Kier molecular flexibility index (Phi) is 5.56. The van der Waals surface area contributed by atoms with E-state index < -0.39 is 0 Å². The summed E-state index contributed by atoms with van der Waals surface area (Å²) < 4.78 is 0. The fourth-order valence-electron chi connectivity index (χ4n) is 1.30. The van der Waals surface area contributed by atoms with E-state index in [4.69, 9.17) is 23.2 Å². The standard InChI is InChI=1S/C11H14Cl2N2O/c1-2-3-7-15(11(16)8-12)10-6-4-5-9(13)14-10/h4-6H,2-3,7-8H2,1H3. The first kappa shape index (κ1) is 13.3. The van der Waals surface area contributed by atoms with Crippen molar-refractivity contribution in [3.8, 4) is 0 Å². The highest BCUT2D eigenvalue weighted by atomic mass is 35.5. The van der Waals surface area contributed by atoms with Crippen LogP contribution in [-0.2, 0) is 4.79 Å². The van der Waals surface area contributed by atoms with Crippen LogP contribution in [0.4, 0.5) is 5.82 Å². The molecular weight excluding hydrogens is 247 g/mol. The summed E-state index contributed by atoms with van der Waals surface area (Å²) >= 11 is 11.4. The molecule has 0 aliphatic rings. The number of carbonyl (C=O) groups is 1. The van der Waals surface area contributed by atoms with Gasteiger partial charge in [-0.25, -0.2) is 4.98 Å². The summed E-state index contributed by atoms with van der Waals surface area (Å²) in [7, 11) is 0. The predicted molar refractivity (Wildman–Crippen MR) is 67.2 cm³/mol. The van der Waals surface area contributed by atoms with Crippen molar-refractivity contribution in [2.45, 2.75) is 19.8 Å². The van der Waals surface area contributed by atoms with Crippen molar-refractivity contribution in [1.82, 2.24) is 4.98 Å². The fraction of sp³-hybridized carbons (Fsp3) is 0.455. The minimum atomic E-state index is -0.148. The predicted octanol–water partition coefficient (Wildman–Crippen LogP) is 3.11. The van der Waals surface area contributed by atoms with E-state index in [0.29, 0.717) is 17.5 Å². The van der Waals surface area contributed by atoms with Crippen molar-refractivity contribution < 1.29 is 4.79 Å². The fourth-order valence-corrected chi connectivity index (χ4v) is 1.61. The van der Waals surface area contributed by atoms with E-state index >= 15 is 0 Å². The van der Waals surface area contributed by atoms with Gasteiger partial charge in [0.1, 0.15) is 16.9 Å². The second-order valence-corrected chi connectivity index (χ2v) is 4.01. The van der Waals surface area contributed by atoms with Crippen LogP contribution in [0, 0.1) is 0 Å². The number of amides is 1. The molecule has 0 saturated heterocycles. The van der Waals surface area contributed by atoms with Gasteiger partial charge in [0.15, 0.2) is 0 Å². The third kappa shape index (κ3) is 3.65. The van der Waals surface area contributed by atoms with E-state index in [1.165, 1.54) is 0 Å². The molecule has 0 spiro atoms. The van der Waals surface area contributed by atoms with Crippen LogP contribution in [0.5, 0.6) is 0 Å². The van der Waals surface area contributed by atoms with Crippen molar-refractivity contribution in [1.29, 1.82) is 0 Å². The summed E-state index contributed by atoms with van der Waals surface area (Å²) in [6, 6.07) is 5.20. The van der Waals surface area contributed by atoms with E-state index in [0.717, 1.165) is 12.8 Å².